The van der Waals surface area contributed by atoms with Crippen LogP contribution in [-0.2, 0) is 9.53 Å². The number of aliphatic hydroxyl groups excluding tert-OH is 2. The molecule has 0 unspecified atom stereocenters. The zero-order valence-corrected chi connectivity index (χ0v) is 14.6. The van der Waals surface area contributed by atoms with Gasteiger partial charge in [0.2, 0.25) is 5.91 Å². The normalized spacial score (nSPS) is 25.7. The number of ether oxygens (including phenoxy) is 1. The van der Waals surface area contributed by atoms with Gasteiger partial charge in [-0.15, -0.1) is 0 Å². The molecular weight excluding hydrogens is 342 g/mol. The summed E-state index contributed by atoms with van der Waals surface area (Å²) in [5.41, 5.74) is 12.0. The van der Waals surface area contributed by atoms with Crippen LogP contribution >= 0.6 is 0 Å². The van der Waals surface area contributed by atoms with E-state index in [1.165, 1.54) is 11.2 Å². The van der Waals surface area contributed by atoms with Crippen molar-refractivity contribution in [1.82, 2.24) is 24.4 Å². The minimum atomic E-state index is -1.22. The molecule has 11 nitrogen and oxygen atoms in total. The highest BCUT2D eigenvalue weighted by atomic mass is 16.6. The van der Waals surface area contributed by atoms with E-state index >= 15 is 0 Å². The molecule has 1 aliphatic rings. The third-order valence-electron chi connectivity index (χ3n) is 4.58. The van der Waals surface area contributed by atoms with Crippen LogP contribution in [0.2, 0.25) is 0 Å². The van der Waals surface area contributed by atoms with Crippen LogP contribution in [0, 0.1) is 6.92 Å². The molecule has 1 saturated heterocycles. The number of carbonyl (C=O) groups is 1. The van der Waals surface area contributed by atoms with Gasteiger partial charge in [0, 0.05) is 13.1 Å². The van der Waals surface area contributed by atoms with Crippen molar-refractivity contribution in [3.8, 4) is 0 Å². The highest BCUT2D eigenvalue weighted by Gasteiger charge is 2.45. The summed E-state index contributed by atoms with van der Waals surface area (Å²) in [6.07, 6.45) is -2.81. The van der Waals surface area contributed by atoms with E-state index in [-0.39, 0.29) is 24.8 Å². The average molecular weight is 365 g/mol. The van der Waals surface area contributed by atoms with Gasteiger partial charge >= 0.3 is 0 Å². The highest BCUT2D eigenvalue weighted by molar-refractivity contribution is 5.82. The van der Waals surface area contributed by atoms with E-state index < -0.39 is 24.5 Å². The van der Waals surface area contributed by atoms with Gasteiger partial charge in [0.25, 0.3) is 0 Å². The molecule has 1 fully saturated rings. The Morgan fingerprint density at radius 1 is 1.38 bits per heavy atom. The van der Waals surface area contributed by atoms with Crippen molar-refractivity contribution in [2.45, 2.75) is 38.4 Å². The Labute approximate surface area is 149 Å². The van der Waals surface area contributed by atoms with Crippen molar-refractivity contribution in [1.29, 1.82) is 0 Å². The number of aliphatic hydroxyl groups is 2. The number of likely N-dealkylation sites (N-methyl/N-ethyl adjacent to an activating group) is 1. The molecule has 3 heterocycles. The van der Waals surface area contributed by atoms with Crippen molar-refractivity contribution in [2.75, 3.05) is 25.4 Å². The predicted molar refractivity (Wildman–Crippen MR) is 91.7 cm³/mol. The Kier molecular flexibility index (Phi) is 5.05. The van der Waals surface area contributed by atoms with E-state index in [1.807, 2.05) is 0 Å². The molecule has 0 spiro atoms. The summed E-state index contributed by atoms with van der Waals surface area (Å²) in [6, 6.07) is 0. The van der Waals surface area contributed by atoms with Gasteiger partial charge in [0.05, 0.1) is 6.54 Å². The topological polar surface area (TPSA) is 166 Å². The maximum absolute atomic E-state index is 11.9. The molecule has 3 rings (SSSR count). The summed E-state index contributed by atoms with van der Waals surface area (Å²) < 4.78 is 7.44. The molecule has 1 amide bonds. The van der Waals surface area contributed by atoms with Gasteiger partial charge in [-0.1, -0.05) is 0 Å². The first-order valence-corrected chi connectivity index (χ1v) is 8.33. The molecule has 0 saturated carbocycles. The number of rotatable bonds is 5. The van der Waals surface area contributed by atoms with Crippen LogP contribution in [0.1, 0.15) is 19.0 Å². The quantitative estimate of drug-likeness (QED) is 0.475. The first-order valence-electron chi connectivity index (χ1n) is 8.33. The molecule has 11 heteroatoms. The maximum atomic E-state index is 11.9. The number of amides is 1. The lowest BCUT2D eigenvalue weighted by atomic mass is 10.1. The lowest BCUT2D eigenvalue weighted by Gasteiger charge is -2.25. The zero-order chi connectivity index (χ0) is 19.0. The van der Waals surface area contributed by atoms with Crippen molar-refractivity contribution >= 4 is 22.9 Å². The monoisotopic (exact) mass is 365 g/mol. The standard InChI is InChI=1S/C15H23N7O4/c1-3-21(9(23)4-16)5-8-11(24)12(25)15(26-8)22-7(2)20-10-13(17)18-6-19-14(10)22/h6,8,11-12,15,24-25H,3-5,16H2,1-2H3,(H2,17,18,19)/t8-,11-,12-,15-/m1/s1. The molecule has 0 aliphatic carbocycles. The number of aryl methyl sites for hydroxylation is 1. The molecule has 2 aromatic rings. The number of anilines is 1. The molecular formula is C15H23N7O4. The van der Waals surface area contributed by atoms with Gasteiger partial charge in [-0.05, 0) is 13.8 Å². The fourth-order valence-electron chi connectivity index (χ4n) is 3.19. The summed E-state index contributed by atoms with van der Waals surface area (Å²) in [5.74, 6) is 0.465. The lowest BCUT2D eigenvalue weighted by molar-refractivity contribution is -0.132. The molecule has 6 N–H and O–H groups in total. The Balaban J connectivity index is 1.90. The Hall–Kier alpha value is -2.34. The van der Waals surface area contributed by atoms with Crippen molar-refractivity contribution in [3.63, 3.8) is 0 Å². The molecule has 4 atom stereocenters. The summed E-state index contributed by atoms with van der Waals surface area (Å²) in [7, 11) is 0. The molecule has 142 valence electrons. The average Bonchev–Trinajstić information content (AvgIpc) is 3.10. The predicted octanol–water partition coefficient (Wildman–Crippen LogP) is -1.86. The second kappa shape index (κ2) is 7.11. The largest absolute Gasteiger partial charge is 0.387 e. The number of hydrogen-bond donors (Lipinski definition) is 4. The van der Waals surface area contributed by atoms with Gasteiger partial charge in [0.1, 0.15) is 30.5 Å². The van der Waals surface area contributed by atoms with E-state index in [2.05, 4.69) is 15.0 Å². The number of imidazole rings is 1. The number of nitrogens with zero attached hydrogens (tertiary/aromatic N) is 5. The second-order valence-corrected chi connectivity index (χ2v) is 6.14. The molecule has 1 aliphatic heterocycles. The number of fused-ring (bicyclic) bond motifs is 1. The summed E-state index contributed by atoms with van der Waals surface area (Å²) in [4.78, 5) is 25.7. The van der Waals surface area contributed by atoms with Gasteiger partial charge in [0.15, 0.2) is 23.2 Å². The van der Waals surface area contributed by atoms with Crippen LogP contribution in [0.15, 0.2) is 6.33 Å². The highest BCUT2D eigenvalue weighted by Crippen LogP contribution is 2.33. The van der Waals surface area contributed by atoms with Gasteiger partial charge < -0.3 is 31.3 Å². The number of hydrogen-bond acceptors (Lipinski definition) is 9. The van der Waals surface area contributed by atoms with Crippen molar-refractivity contribution in [3.05, 3.63) is 12.2 Å². The van der Waals surface area contributed by atoms with E-state index in [0.29, 0.717) is 23.5 Å². The Morgan fingerprint density at radius 2 is 2.12 bits per heavy atom. The Bertz CT molecular complexity index is 811. The van der Waals surface area contributed by atoms with E-state index in [4.69, 9.17) is 16.2 Å². The molecule has 26 heavy (non-hydrogen) atoms. The van der Waals surface area contributed by atoms with Gasteiger partial charge in [-0.25, -0.2) is 15.0 Å². The van der Waals surface area contributed by atoms with Crippen LogP contribution in [0.3, 0.4) is 0 Å². The SMILES string of the molecule is CCN(C[C@H]1O[C@@H](n2c(C)nc3c(N)ncnc32)[C@H](O)[C@@H]1O)C(=O)CN. The first-order chi connectivity index (χ1) is 12.4. The third-order valence-corrected chi connectivity index (χ3v) is 4.58. The number of aromatic nitrogens is 4. The van der Waals surface area contributed by atoms with E-state index in [1.54, 1.807) is 18.4 Å². The summed E-state index contributed by atoms with van der Waals surface area (Å²) in [6.45, 7) is 3.91. The molecule has 0 aromatic carbocycles. The molecule has 0 radical (unpaired) electrons. The van der Waals surface area contributed by atoms with Crippen LogP contribution in [0.25, 0.3) is 11.2 Å². The fourth-order valence-corrected chi connectivity index (χ4v) is 3.19. The fraction of sp³-hybridized carbons (Fsp3) is 0.600. The molecule has 2 aromatic heterocycles. The minimum absolute atomic E-state index is 0.115. The number of nitrogen functional groups attached to an aromatic ring is 1. The molecule has 0 bridgehead atoms. The van der Waals surface area contributed by atoms with E-state index in [0.717, 1.165) is 0 Å². The minimum Gasteiger partial charge on any atom is -0.387 e. The summed E-state index contributed by atoms with van der Waals surface area (Å²) >= 11 is 0. The van der Waals surface area contributed by atoms with Gasteiger partial charge in [-0.3, -0.25) is 9.36 Å². The number of nitrogens with two attached hydrogens (primary N) is 2. The van der Waals surface area contributed by atoms with Gasteiger partial charge in [-0.2, -0.15) is 0 Å². The Morgan fingerprint density at radius 3 is 2.77 bits per heavy atom. The smallest absolute Gasteiger partial charge is 0.236 e. The second-order valence-electron chi connectivity index (χ2n) is 6.14. The van der Waals surface area contributed by atoms with Crippen LogP contribution < -0.4 is 11.5 Å². The van der Waals surface area contributed by atoms with Crippen LogP contribution in [0.5, 0.6) is 0 Å². The lowest BCUT2D eigenvalue weighted by Crippen LogP contribution is -2.44. The van der Waals surface area contributed by atoms with Crippen molar-refractivity contribution < 1.29 is 19.7 Å². The number of carbonyl (C=O) groups excluding carboxylic acids is 1. The first kappa shape index (κ1) is 18.5. The third kappa shape index (κ3) is 2.98. The summed E-state index contributed by atoms with van der Waals surface area (Å²) in [5, 5.41) is 20.9. The maximum Gasteiger partial charge on any atom is 0.236 e. The van der Waals surface area contributed by atoms with E-state index in [9.17, 15) is 15.0 Å². The zero-order valence-electron chi connectivity index (χ0n) is 14.6. The van der Waals surface area contributed by atoms with Crippen LogP contribution in [0.4, 0.5) is 5.82 Å². The van der Waals surface area contributed by atoms with Crippen LogP contribution in [-0.4, -0.2) is 78.5 Å². The van der Waals surface area contributed by atoms with Crippen molar-refractivity contribution in [2.24, 2.45) is 5.73 Å².